The Kier molecular flexibility index (Phi) is 5.67. The fraction of sp³-hybridized carbons (Fsp3) is 0.500. The van der Waals surface area contributed by atoms with Crippen LogP contribution in [0.2, 0.25) is 0 Å². The number of carboxylic acids is 1. The smallest absolute Gasteiger partial charge is 0.326 e. The van der Waals surface area contributed by atoms with Crippen LogP contribution in [0.4, 0.5) is 0 Å². The van der Waals surface area contributed by atoms with E-state index >= 15 is 0 Å². The van der Waals surface area contributed by atoms with Crippen molar-refractivity contribution in [1.82, 2.24) is 4.90 Å². The van der Waals surface area contributed by atoms with E-state index in [9.17, 15) is 14.7 Å². The minimum absolute atomic E-state index is 0.0713. The van der Waals surface area contributed by atoms with Gasteiger partial charge < -0.3 is 10.0 Å². The second-order valence-corrected chi connectivity index (χ2v) is 6.36. The maximum Gasteiger partial charge on any atom is 0.326 e. The van der Waals surface area contributed by atoms with Crippen molar-refractivity contribution in [3.05, 3.63) is 35.4 Å². The third kappa shape index (κ3) is 4.00. The minimum Gasteiger partial charge on any atom is -0.480 e. The van der Waals surface area contributed by atoms with Crippen molar-refractivity contribution in [3.63, 3.8) is 0 Å². The first kappa shape index (κ1) is 15.9. The van der Waals surface area contributed by atoms with Crippen LogP contribution in [0.1, 0.15) is 30.9 Å². The van der Waals surface area contributed by atoms with Crippen LogP contribution in [0.15, 0.2) is 24.3 Å². The fourth-order valence-electron chi connectivity index (χ4n) is 2.49. The van der Waals surface area contributed by atoms with Gasteiger partial charge in [-0.05, 0) is 23.3 Å². The molecule has 1 amide bonds. The molecule has 0 aromatic heterocycles. The summed E-state index contributed by atoms with van der Waals surface area (Å²) >= 11 is 1.59. The Labute approximate surface area is 129 Å². The predicted molar refractivity (Wildman–Crippen MR) is 84.4 cm³/mol. The molecule has 0 saturated carbocycles. The highest BCUT2D eigenvalue weighted by Gasteiger charge is 2.34. The molecule has 0 bridgehead atoms. The lowest BCUT2D eigenvalue weighted by atomic mass is 9.94. The normalized spacial score (nSPS) is 17.4. The molecule has 21 heavy (non-hydrogen) atoms. The van der Waals surface area contributed by atoms with E-state index in [1.54, 1.807) is 11.8 Å². The molecule has 4 nitrogen and oxygen atoms in total. The molecular formula is C16H21NO3S. The average molecular weight is 307 g/mol. The quantitative estimate of drug-likeness (QED) is 0.821. The van der Waals surface area contributed by atoms with Gasteiger partial charge >= 0.3 is 5.97 Å². The number of carboxylic acid groups (broad SMARTS) is 1. The van der Waals surface area contributed by atoms with Crippen molar-refractivity contribution in [2.24, 2.45) is 0 Å². The molecule has 0 unspecified atom stereocenters. The van der Waals surface area contributed by atoms with Gasteiger partial charge in [-0.2, -0.15) is 11.8 Å². The van der Waals surface area contributed by atoms with Crippen molar-refractivity contribution in [1.29, 1.82) is 0 Å². The Hall–Kier alpha value is -1.49. The minimum atomic E-state index is -0.920. The molecule has 0 saturated heterocycles. The molecule has 2 rings (SSSR count). The molecule has 1 aromatic rings. The van der Waals surface area contributed by atoms with Gasteiger partial charge in [0, 0.05) is 13.0 Å². The lowest BCUT2D eigenvalue weighted by Crippen LogP contribution is -2.49. The van der Waals surface area contributed by atoms with Crippen LogP contribution >= 0.6 is 11.8 Å². The lowest BCUT2D eigenvalue weighted by molar-refractivity contribution is -0.150. The van der Waals surface area contributed by atoms with E-state index in [0.29, 0.717) is 18.7 Å². The number of fused-ring (bicyclic) bond motifs is 1. The second kappa shape index (κ2) is 7.50. The predicted octanol–water partition coefficient (Wildman–Crippen LogP) is 2.56. The first-order valence-electron chi connectivity index (χ1n) is 7.30. The third-order valence-electron chi connectivity index (χ3n) is 3.72. The lowest BCUT2D eigenvalue weighted by Gasteiger charge is -2.34. The molecule has 114 valence electrons. The summed E-state index contributed by atoms with van der Waals surface area (Å²) in [5, 5.41) is 9.39. The van der Waals surface area contributed by atoms with Crippen LogP contribution in [-0.2, 0) is 22.6 Å². The van der Waals surface area contributed by atoms with Gasteiger partial charge in [0.25, 0.3) is 0 Å². The van der Waals surface area contributed by atoms with E-state index in [4.69, 9.17) is 0 Å². The van der Waals surface area contributed by atoms with E-state index in [-0.39, 0.29) is 5.91 Å². The molecule has 0 radical (unpaired) electrons. The summed E-state index contributed by atoms with van der Waals surface area (Å²) in [6.07, 6.45) is 2.59. The topological polar surface area (TPSA) is 57.6 Å². The van der Waals surface area contributed by atoms with Crippen LogP contribution in [0, 0.1) is 0 Å². The number of benzene rings is 1. The van der Waals surface area contributed by atoms with Gasteiger partial charge in [0.2, 0.25) is 5.91 Å². The number of hydrogen-bond acceptors (Lipinski definition) is 3. The molecule has 5 heteroatoms. The molecule has 0 spiro atoms. The van der Waals surface area contributed by atoms with E-state index in [1.165, 1.54) is 4.90 Å². The Morgan fingerprint density at radius 2 is 2.05 bits per heavy atom. The Bertz CT molecular complexity index is 518. The van der Waals surface area contributed by atoms with Gasteiger partial charge in [-0.15, -0.1) is 0 Å². The van der Waals surface area contributed by atoms with Gasteiger partial charge in [-0.25, -0.2) is 4.79 Å². The van der Waals surface area contributed by atoms with E-state index in [0.717, 1.165) is 29.7 Å². The van der Waals surface area contributed by atoms with Gasteiger partial charge in [0.15, 0.2) is 0 Å². The molecule has 1 atom stereocenters. The molecule has 0 aliphatic carbocycles. The highest BCUT2D eigenvalue weighted by Crippen LogP contribution is 2.24. The summed E-state index contributed by atoms with van der Waals surface area (Å²) < 4.78 is 0. The monoisotopic (exact) mass is 307 g/mol. The zero-order chi connectivity index (χ0) is 15.2. The first-order chi connectivity index (χ1) is 10.1. The molecule has 1 aromatic carbocycles. The number of carbonyl (C=O) groups excluding carboxylic acids is 1. The van der Waals surface area contributed by atoms with Crippen molar-refractivity contribution < 1.29 is 14.7 Å². The number of amides is 1. The average Bonchev–Trinajstić information content (AvgIpc) is 2.50. The Morgan fingerprint density at radius 1 is 1.33 bits per heavy atom. The second-order valence-electron chi connectivity index (χ2n) is 5.25. The number of rotatable bonds is 6. The molecule has 1 aliphatic heterocycles. The highest BCUT2D eigenvalue weighted by atomic mass is 32.2. The SMILES string of the molecule is CCCCSCC(=O)N1Cc2ccccc2C[C@H]1C(=O)O. The number of thioether (sulfide) groups is 1. The summed E-state index contributed by atoms with van der Waals surface area (Å²) in [5.41, 5.74) is 2.09. The fourth-order valence-corrected chi connectivity index (χ4v) is 3.47. The number of unbranched alkanes of at least 4 members (excludes halogenated alkanes) is 1. The zero-order valence-corrected chi connectivity index (χ0v) is 13.1. The van der Waals surface area contributed by atoms with E-state index in [2.05, 4.69) is 6.92 Å². The van der Waals surface area contributed by atoms with Gasteiger partial charge in [0.05, 0.1) is 5.75 Å². The van der Waals surface area contributed by atoms with Crippen molar-refractivity contribution >= 4 is 23.6 Å². The molecule has 1 N–H and O–H groups in total. The standard InChI is InChI=1S/C16H21NO3S/c1-2-3-8-21-11-15(18)17-10-13-7-5-4-6-12(13)9-14(17)16(19)20/h4-7,14H,2-3,8-11H2,1H3,(H,19,20)/t14-/m0/s1. The summed E-state index contributed by atoms with van der Waals surface area (Å²) in [6, 6.07) is 7.02. The number of aliphatic carboxylic acids is 1. The third-order valence-corrected chi connectivity index (χ3v) is 4.75. The zero-order valence-electron chi connectivity index (χ0n) is 12.2. The molecular weight excluding hydrogens is 286 g/mol. The van der Waals surface area contributed by atoms with E-state index in [1.807, 2.05) is 24.3 Å². The maximum atomic E-state index is 12.3. The van der Waals surface area contributed by atoms with Crippen molar-refractivity contribution in [2.45, 2.75) is 38.8 Å². The molecule has 1 aliphatic rings. The summed E-state index contributed by atoms with van der Waals surface area (Å²) in [6.45, 7) is 2.52. The van der Waals surface area contributed by atoms with Crippen molar-refractivity contribution in [2.75, 3.05) is 11.5 Å². The number of carbonyl (C=O) groups is 2. The summed E-state index contributed by atoms with van der Waals surface area (Å²) in [4.78, 5) is 25.3. The van der Waals surface area contributed by atoms with Crippen LogP contribution in [-0.4, -0.2) is 39.4 Å². The van der Waals surface area contributed by atoms with Crippen LogP contribution < -0.4 is 0 Å². The summed E-state index contributed by atoms with van der Waals surface area (Å²) in [5.74, 6) is 0.325. The van der Waals surface area contributed by atoms with Crippen LogP contribution in [0.25, 0.3) is 0 Å². The van der Waals surface area contributed by atoms with Crippen LogP contribution in [0.5, 0.6) is 0 Å². The van der Waals surface area contributed by atoms with Crippen LogP contribution in [0.3, 0.4) is 0 Å². The largest absolute Gasteiger partial charge is 0.480 e. The number of nitrogens with zero attached hydrogens (tertiary/aromatic N) is 1. The molecule has 1 heterocycles. The van der Waals surface area contributed by atoms with Crippen molar-refractivity contribution in [3.8, 4) is 0 Å². The molecule has 0 fully saturated rings. The first-order valence-corrected chi connectivity index (χ1v) is 8.45. The van der Waals surface area contributed by atoms with Gasteiger partial charge in [-0.1, -0.05) is 37.6 Å². The highest BCUT2D eigenvalue weighted by molar-refractivity contribution is 7.99. The Morgan fingerprint density at radius 3 is 2.71 bits per heavy atom. The Balaban J connectivity index is 2.06. The van der Waals surface area contributed by atoms with E-state index < -0.39 is 12.0 Å². The maximum absolute atomic E-state index is 12.3. The summed E-state index contributed by atoms with van der Waals surface area (Å²) in [7, 11) is 0. The number of hydrogen-bond donors (Lipinski definition) is 1. The van der Waals surface area contributed by atoms with Gasteiger partial charge in [-0.3, -0.25) is 4.79 Å². The van der Waals surface area contributed by atoms with Gasteiger partial charge in [0.1, 0.15) is 6.04 Å².